The lowest BCUT2D eigenvalue weighted by atomic mass is 10.2. The molecule has 6 nitrogen and oxygen atoms in total. The third-order valence-electron chi connectivity index (χ3n) is 3.40. The molecule has 0 aliphatic rings. The summed E-state index contributed by atoms with van der Waals surface area (Å²) < 4.78 is 29.4. The molecular formula is C16H15N3O3S. The van der Waals surface area contributed by atoms with Gasteiger partial charge in [-0.3, -0.25) is 9.52 Å². The fraction of sp³-hybridized carbons (Fsp3) is 0.125. The summed E-state index contributed by atoms with van der Waals surface area (Å²) in [5.74, 6) is -0.187. The molecule has 0 atom stereocenters. The molecule has 0 bridgehead atoms. The Balaban J connectivity index is 2.03. The summed E-state index contributed by atoms with van der Waals surface area (Å²) in [6.07, 6.45) is 3.60. The Labute approximate surface area is 133 Å². The molecule has 0 saturated carbocycles. The van der Waals surface area contributed by atoms with E-state index in [1.165, 1.54) is 19.1 Å². The molecule has 3 aromatic rings. The molecule has 0 radical (unpaired) electrons. The number of hydrogen-bond acceptors (Lipinski definition) is 4. The quantitative estimate of drug-likeness (QED) is 0.746. The molecular weight excluding hydrogens is 314 g/mol. The Morgan fingerprint density at radius 1 is 1.22 bits per heavy atom. The molecule has 1 N–H and O–H groups in total. The van der Waals surface area contributed by atoms with Crippen LogP contribution in [0.3, 0.4) is 0 Å². The number of benzene rings is 1. The Morgan fingerprint density at radius 2 is 2.00 bits per heavy atom. The molecule has 2 aromatic heterocycles. The molecule has 3 rings (SSSR count). The molecule has 0 aliphatic carbocycles. The molecule has 1 aromatic carbocycles. The average molecular weight is 329 g/mol. The fourth-order valence-corrected chi connectivity index (χ4v) is 3.41. The zero-order valence-corrected chi connectivity index (χ0v) is 13.5. The molecule has 0 saturated heterocycles. The first kappa shape index (κ1) is 15.2. The number of carbonyl (C=O) groups excluding carboxylic acids is 1. The van der Waals surface area contributed by atoms with Crippen LogP contribution >= 0.6 is 0 Å². The second-order valence-corrected chi connectivity index (χ2v) is 6.91. The zero-order chi connectivity index (χ0) is 16.6. The number of Topliss-reactive ketones (excluding diaryl/α,β-unsaturated/α-hetero) is 1. The highest BCUT2D eigenvalue weighted by molar-refractivity contribution is 7.92. The number of hydrogen-bond donors (Lipinski definition) is 1. The number of imidazole rings is 1. The minimum atomic E-state index is -3.81. The molecule has 0 spiro atoms. The lowest BCUT2D eigenvalue weighted by molar-refractivity contribution is 0.101. The lowest BCUT2D eigenvalue weighted by Crippen LogP contribution is -2.14. The van der Waals surface area contributed by atoms with E-state index in [-0.39, 0.29) is 10.7 Å². The van der Waals surface area contributed by atoms with Gasteiger partial charge >= 0.3 is 0 Å². The highest BCUT2D eigenvalue weighted by Crippen LogP contribution is 2.21. The van der Waals surface area contributed by atoms with Crippen molar-refractivity contribution in [1.82, 2.24) is 9.38 Å². The first-order chi connectivity index (χ1) is 10.9. The minimum absolute atomic E-state index is 0.0375. The Hall–Kier alpha value is -2.67. The van der Waals surface area contributed by atoms with Gasteiger partial charge in [0.05, 0.1) is 16.3 Å². The van der Waals surface area contributed by atoms with Crippen LogP contribution in [0.4, 0.5) is 5.69 Å². The smallest absolute Gasteiger partial charge is 0.262 e. The predicted octanol–water partition coefficient (Wildman–Crippen LogP) is 2.65. The number of nitrogens with one attached hydrogen (secondary N) is 1. The van der Waals surface area contributed by atoms with Gasteiger partial charge in [-0.25, -0.2) is 13.4 Å². The van der Waals surface area contributed by atoms with E-state index in [1.54, 1.807) is 34.9 Å². The van der Waals surface area contributed by atoms with E-state index in [2.05, 4.69) is 9.71 Å². The van der Waals surface area contributed by atoms with Crippen LogP contribution in [0, 0.1) is 6.92 Å². The van der Waals surface area contributed by atoms with E-state index < -0.39 is 10.0 Å². The summed E-state index contributed by atoms with van der Waals surface area (Å²) in [5, 5.41) is 0. The molecule has 0 unspecified atom stereocenters. The Kier molecular flexibility index (Phi) is 3.65. The number of carbonyl (C=O) groups is 1. The number of aromatic nitrogens is 2. The maximum atomic E-state index is 12.6. The van der Waals surface area contributed by atoms with Gasteiger partial charge in [0, 0.05) is 18.0 Å². The number of ketones is 1. The van der Waals surface area contributed by atoms with Crippen LogP contribution in [-0.2, 0) is 10.0 Å². The summed E-state index contributed by atoms with van der Waals surface area (Å²) in [6, 6.07) is 9.32. The second kappa shape index (κ2) is 5.51. The summed E-state index contributed by atoms with van der Waals surface area (Å²) in [5.41, 5.74) is 2.04. The number of nitrogens with zero attached hydrogens (tertiary/aromatic N) is 2. The summed E-state index contributed by atoms with van der Waals surface area (Å²) in [6.45, 7) is 3.23. The molecule has 7 heteroatoms. The van der Waals surface area contributed by atoms with Gasteiger partial charge in [0.15, 0.2) is 11.4 Å². The standard InChI is InChI=1S/C16H15N3O3S/c1-11-10-19-8-4-7-15(16(19)17-11)18-23(21,22)14-6-3-5-13(9-14)12(2)20/h3-10,18H,1-2H3. The zero-order valence-electron chi connectivity index (χ0n) is 12.6. The Bertz CT molecular complexity index is 1010. The number of rotatable bonds is 4. The largest absolute Gasteiger partial charge is 0.305 e. The monoisotopic (exact) mass is 329 g/mol. The van der Waals surface area contributed by atoms with E-state index in [0.717, 1.165) is 5.69 Å². The molecule has 118 valence electrons. The van der Waals surface area contributed by atoms with Gasteiger partial charge in [-0.2, -0.15) is 0 Å². The number of anilines is 1. The van der Waals surface area contributed by atoms with Crippen molar-refractivity contribution in [3.8, 4) is 0 Å². The lowest BCUT2D eigenvalue weighted by Gasteiger charge is -2.09. The van der Waals surface area contributed by atoms with Crippen molar-refractivity contribution < 1.29 is 13.2 Å². The van der Waals surface area contributed by atoms with Crippen molar-refractivity contribution in [3.63, 3.8) is 0 Å². The van der Waals surface area contributed by atoms with Crippen LogP contribution in [0.1, 0.15) is 23.0 Å². The fourth-order valence-electron chi connectivity index (χ4n) is 2.30. The SMILES string of the molecule is CC(=O)c1cccc(S(=O)(=O)Nc2cccn3cc(C)nc23)c1. The maximum Gasteiger partial charge on any atom is 0.262 e. The molecule has 0 fully saturated rings. The van der Waals surface area contributed by atoms with Gasteiger partial charge in [0.1, 0.15) is 0 Å². The van der Waals surface area contributed by atoms with Gasteiger partial charge in [-0.05, 0) is 38.1 Å². The van der Waals surface area contributed by atoms with Crippen molar-refractivity contribution >= 4 is 27.1 Å². The van der Waals surface area contributed by atoms with Crippen molar-refractivity contribution in [3.05, 3.63) is 60.0 Å². The number of sulfonamides is 1. The van der Waals surface area contributed by atoms with Crippen molar-refractivity contribution in [2.75, 3.05) is 4.72 Å². The second-order valence-electron chi connectivity index (χ2n) is 5.22. The van der Waals surface area contributed by atoms with E-state index in [1.807, 2.05) is 13.1 Å². The first-order valence-corrected chi connectivity index (χ1v) is 8.43. The summed E-state index contributed by atoms with van der Waals surface area (Å²) in [7, 11) is -3.81. The third-order valence-corrected chi connectivity index (χ3v) is 4.76. The van der Waals surface area contributed by atoms with Crippen molar-refractivity contribution in [2.45, 2.75) is 18.7 Å². The van der Waals surface area contributed by atoms with Crippen molar-refractivity contribution in [1.29, 1.82) is 0 Å². The van der Waals surface area contributed by atoms with Crippen LogP contribution in [0.25, 0.3) is 5.65 Å². The highest BCUT2D eigenvalue weighted by atomic mass is 32.2. The Morgan fingerprint density at radius 3 is 2.74 bits per heavy atom. The average Bonchev–Trinajstić information content (AvgIpc) is 2.88. The normalized spacial score (nSPS) is 11.6. The summed E-state index contributed by atoms with van der Waals surface area (Å²) >= 11 is 0. The van der Waals surface area contributed by atoms with Gasteiger partial charge in [-0.15, -0.1) is 0 Å². The topological polar surface area (TPSA) is 80.5 Å². The molecule has 23 heavy (non-hydrogen) atoms. The predicted molar refractivity (Wildman–Crippen MR) is 87.2 cm³/mol. The van der Waals surface area contributed by atoms with E-state index in [9.17, 15) is 13.2 Å². The van der Waals surface area contributed by atoms with Crippen LogP contribution in [0.2, 0.25) is 0 Å². The number of fused-ring (bicyclic) bond motifs is 1. The molecule has 0 amide bonds. The molecule has 0 aliphatic heterocycles. The van der Waals surface area contributed by atoms with Crippen molar-refractivity contribution in [2.24, 2.45) is 0 Å². The number of aryl methyl sites for hydroxylation is 1. The summed E-state index contributed by atoms with van der Waals surface area (Å²) in [4.78, 5) is 15.8. The van der Waals surface area contributed by atoms with E-state index >= 15 is 0 Å². The molecule has 2 heterocycles. The van der Waals surface area contributed by atoms with Crippen LogP contribution in [-0.4, -0.2) is 23.6 Å². The minimum Gasteiger partial charge on any atom is -0.305 e. The van der Waals surface area contributed by atoms with Gasteiger partial charge < -0.3 is 4.40 Å². The van der Waals surface area contributed by atoms with Gasteiger partial charge in [0.2, 0.25) is 0 Å². The van der Waals surface area contributed by atoms with E-state index in [4.69, 9.17) is 0 Å². The van der Waals surface area contributed by atoms with Crippen LogP contribution in [0.5, 0.6) is 0 Å². The van der Waals surface area contributed by atoms with Crippen LogP contribution in [0.15, 0.2) is 53.7 Å². The van der Waals surface area contributed by atoms with Gasteiger partial charge in [0.25, 0.3) is 10.0 Å². The van der Waals surface area contributed by atoms with Gasteiger partial charge in [-0.1, -0.05) is 12.1 Å². The van der Waals surface area contributed by atoms with Crippen LogP contribution < -0.4 is 4.72 Å². The van der Waals surface area contributed by atoms with E-state index in [0.29, 0.717) is 16.9 Å². The first-order valence-electron chi connectivity index (χ1n) is 6.95. The highest BCUT2D eigenvalue weighted by Gasteiger charge is 2.17. The number of pyridine rings is 1. The maximum absolute atomic E-state index is 12.6. The third kappa shape index (κ3) is 2.95.